The molecule has 1 aromatic heterocycles. The SMILES string of the molecule is Cc1ccc2c(CCC(=O)O)c(-c3ccccc3)[nH]c2c1C. The largest absolute Gasteiger partial charge is 0.481 e. The second kappa shape index (κ2) is 5.68. The Morgan fingerprint density at radius 3 is 2.50 bits per heavy atom. The molecule has 0 aliphatic heterocycles. The molecule has 1 heterocycles. The molecule has 0 saturated heterocycles. The van der Waals surface area contributed by atoms with Crippen molar-refractivity contribution >= 4 is 16.9 Å². The normalized spacial score (nSPS) is 11.0. The van der Waals surface area contributed by atoms with Gasteiger partial charge in [0, 0.05) is 23.0 Å². The minimum absolute atomic E-state index is 0.139. The topological polar surface area (TPSA) is 53.1 Å². The number of rotatable bonds is 4. The van der Waals surface area contributed by atoms with Crippen LogP contribution in [-0.2, 0) is 11.2 Å². The second-order valence-electron chi connectivity index (χ2n) is 5.67. The number of hydrogen-bond acceptors (Lipinski definition) is 1. The summed E-state index contributed by atoms with van der Waals surface area (Å²) in [5, 5.41) is 10.2. The van der Waals surface area contributed by atoms with Gasteiger partial charge in [-0.2, -0.15) is 0 Å². The summed E-state index contributed by atoms with van der Waals surface area (Å²) in [6.45, 7) is 4.19. The van der Waals surface area contributed by atoms with Crippen LogP contribution < -0.4 is 0 Å². The van der Waals surface area contributed by atoms with Crippen molar-refractivity contribution in [2.24, 2.45) is 0 Å². The van der Waals surface area contributed by atoms with E-state index in [4.69, 9.17) is 5.11 Å². The van der Waals surface area contributed by atoms with E-state index in [2.05, 4.69) is 43.1 Å². The van der Waals surface area contributed by atoms with Crippen molar-refractivity contribution in [1.29, 1.82) is 0 Å². The summed E-state index contributed by atoms with van der Waals surface area (Å²) < 4.78 is 0. The number of carboxylic acid groups (broad SMARTS) is 1. The van der Waals surface area contributed by atoms with Crippen molar-refractivity contribution in [2.45, 2.75) is 26.7 Å². The van der Waals surface area contributed by atoms with Crippen molar-refractivity contribution in [3.63, 3.8) is 0 Å². The van der Waals surface area contributed by atoms with Gasteiger partial charge in [-0.3, -0.25) is 4.79 Å². The number of hydrogen-bond donors (Lipinski definition) is 2. The molecule has 3 aromatic rings. The molecule has 2 N–H and O–H groups in total. The summed E-state index contributed by atoms with van der Waals surface area (Å²) in [5.41, 5.74) is 6.78. The van der Waals surface area contributed by atoms with Gasteiger partial charge in [0.1, 0.15) is 0 Å². The van der Waals surface area contributed by atoms with Crippen molar-refractivity contribution in [1.82, 2.24) is 4.98 Å². The van der Waals surface area contributed by atoms with Crippen LogP contribution in [0, 0.1) is 13.8 Å². The molecule has 22 heavy (non-hydrogen) atoms. The molecule has 0 aliphatic carbocycles. The third-order valence-electron chi connectivity index (χ3n) is 4.26. The maximum Gasteiger partial charge on any atom is 0.303 e. The molecule has 0 radical (unpaired) electrons. The first-order valence-electron chi connectivity index (χ1n) is 7.46. The molecule has 0 fully saturated rings. The number of benzene rings is 2. The zero-order chi connectivity index (χ0) is 15.7. The standard InChI is InChI=1S/C19H19NO2/c1-12-8-9-15-16(10-11-17(21)22)19(20-18(15)13(12)2)14-6-4-3-5-7-14/h3-9,20H,10-11H2,1-2H3,(H,21,22). The van der Waals surface area contributed by atoms with Gasteiger partial charge in [0.2, 0.25) is 0 Å². The average molecular weight is 293 g/mol. The molecule has 112 valence electrons. The smallest absolute Gasteiger partial charge is 0.303 e. The van der Waals surface area contributed by atoms with E-state index in [-0.39, 0.29) is 6.42 Å². The second-order valence-corrected chi connectivity index (χ2v) is 5.67. The Balaban J connectivity index is 2.23. The molecular weight excluding hydrogens is 274 g/mol. The van der Waals surface area contributed by atoms with Gasteiger partial charge >= 0.3 is 5.97 Å². The van der Waals surface area contributed by atoms with Crippen molar-refractivity contribution < 1.29 is 9.90 Å². The quantitative estimate of drug-likeness (QED) is 0.745. The highest BCUT2D eigenvalue weighted by atomic mass is 16.4. The number of aromatic amines is 1. The summed E-state index contributed by atoms with van der Waals surface area (Å²) in [6, 6.07) is 14.3. The Kier molecular flexibility index (Phi) is 3.72. The number of H-pyrrole nitrogens is 1. The molecule has 3 nitrogen and oxygen atoms in total. The van der Waals surface area contributed by atoms with Gasteiger partial charge < -0.3 is 10.1 Å². The van der Waals surface area contributed by atoms with Crippen LogP contribution in [0.25, 0.3) is 22.2 Å². The number of carbonyl (C=O) groups is 1. The van der Waals surface area contributed by atoms with Crippen LogP contribution in [0.5, 0.6) is 0 Å². The molecule has 0 aliphatic rings. The number of aryl methyl sites for hydroxylation is 3. The van der Waals surface area contributed by atoms with Crippen LogP contribution in [0.15, 0.2) is 42.5 Å². The minimum Gasteiger partial charge on any atom is -0.481 e. The lowest BCUT2D eigenvalue weighted by atomic mass is 9.99. The first-order chi connectivity index (χ1) is 10.6. The summed E-state index contributed by atoms with van der Waals surface area (Å²) in [7, 11) is 0. The lowest BCUT2D eigenvalue weighted by molar-refractivity contribution is -0.136. The highest BCUT2D eigenvalue weighted by Gasteiger charge is 2.15. The fourth-order valence-corrected chi connectivity index (χ4v) is 2.91. The predicted molar refractivity (Wildman–Crippen MR) is 89.2 cm³/mol. The average Bonchev–Trinajstić information content (AvgIpc) is 2.89. The number of nitrogens with one attached hydrogen (secondary N) is 1. The van der Waals surface area contributed by atoms with Gasteiger partial charge in [-0.15, -0.1) is 0 Å². The van der Waals surface area contributed by atoms with Crippen LogP contribution >= 0.6 is 0 Å². The summed E-state index contributed by atoms with van der Waals surface area (Å²) in [4.78, 5) is 14.5. The number of aromatic nitrogens is 1. The maximum atomic E-state index is 11.0. The first kappa shape index (κ1) is 14.4. The molecule has 2 aromatic carbocycles. The lowest BCUT2D eigenvalue weighted by Crippen LogP contribution is -1.98. The molecule has 0 spiro atoms. The molecule has 0 amide bonds. The third-order valence-corrected chi connectivity index (χ3v) is 4.26. The summed E-state index contributed by atoms with van der Waals surface area (Å²) >= 11 is 0. The Labute approximate surface area is 129 Å². The van der Waals surface area contributed by atoms with E-state index in [1.54, 1.807) is 0 Å². The van der Waals surface area contributed by atoms with Crippen LogP contribution in [0.3, 0.4) is 0 Å². The van der Waals surface area contributed by atoms with E-state index in [0.717, 1.165) is 27.7 Å². The maximum absolute atomic E-state index is 11.0. The van der Waals surface area contributed by atoms with Crippen LogP contribution in [-0.4, -0.2) is 16.1 Å². The predicted octanol–water partition coefficient (Wildman–Crippen LogP) is 4.47. The number of fused-ring (bicyclic) bond motifs is 1. The van der Waals surface area contributed by atoms with Crippen molar-refractivity contribution in [3.05, 3.63) is 59.2 Å². The monoisotopic (exact) mass is 293 g/mol. The van der Waals surface area contributed by atoms with E-state index >= 15 is 0 Å². The fourth-order valence-electron chi connectivity index (χ4n) is 2.91. The van der Waals surface area contributed by atoms with Crippen molar-refractivity contribution in [3.8, 4) is 11.3 Å². The zero-order valence-corrected chi connectivity index (χ0v) is 12.8. The Hall–Kier alpha value is -2.55. The third kappa shape index (κ3) is 2.50. The Morgan fingerprint density at radius 1 is 1.09 bits per heavy atom. The molecule has 3 heteroatoms. The number of carboxylic acids is 1. The van der Waals surface area contributed by atoms with Gasteiger partial charge in [0.25, 0.3) is 0 Å². The Bertz CT molecular complexity index is 832. The molecule has 0 saturated carbocycles. The first-order valence-corrected chi connectivity index (χ1v) is 7.46. The van der Waals surface area contributed by atoms with E-state index < -0.39 is 5.97 Å². The fraction of sp³-hybridized carbons (Fsp3) is 0.211. The Morgan fingerprint density at radius 2 is 1.82 bits per heavy atom. The minimum atomic E-state index is -0.766. The molecule has 3 rings (SSSR count). The molecule has 0 unspecified atom stereocenters. The van der Waals surface area contributed by atoms with E-state index in [9.17, 15) is 4.79 Å². The van der Waals surface area contributed by atoms with Crippen LogP contribution in [0.4, 0.5) is 0 Å². The van der Waals surface area contributed by atoms with E-state index in [1.165, 1.54) is 11.1 Å². The van der Waals surface area contributed by atoms with Gasteiger partial charge in [-0.1, -0.05) is 42.5 Å². The number of aliphatic carboxylic acids is 1. The van der Waals surface area contributed by atoms with Gasteiger partial charge in [0.05, 0.1) is 0 Å². The van der Waals surface area contributed by atoms with E-state index in [0.29, 0.717) is 6.42 Å². The summed E-state index contributed by atoms with van der Waals surface area (Å²) in [5.74, 6) is -0.766. The zero-order valence-electron chi connectivity index (χ0n) is 12.8. The van der Waals surface area contributed by atoms with Gasteiger partial charge in [0.15, 0.2) is 0 Å². The van der Waals surface area contributed by atoms with Crippen LogP contribution in [0.1, 0.15) is 23.1 Å². The summed E-state index contributed by atoms with van der Waals surface area (Å²) in [6.07, 6.45) is 0.668. The van der Waals surface area contributed by atoms with Crippen molar-refractivity contribution in [2.75, 3.05) is 0 Å². The highest BCUT2D eigenvalue weighted by molar-refractivity contribution is 5.93. The van der Waals surface area contributed by atoms with Crippen LogP contribution in [0.2, 0.25) is 0 Å². The van der Waals surface area contributed by atoms with Gasteiger partial charge in [-0.25, -0.2) is 0 Å². The lowest BCUT2D eigenvalue weighted by Gasteiger charge is -2.04. The molecule has 0 atom stereocenters. The van der Waals surface area contributed by atoms with E-state index in [1.807, 2.05) is 18.2 Å². The highest BCUT2D eigenvalue weighted by Crippen LogP contribution is 2.33. The van der Waals surface area contributed by atoms with Gasteiger partial charge in [-0.05, 0) is 42.5 Å². The molecular formula is C19H19NO2. The molecule has 0 bridgehead atoms.